The Labute approximate surface area is 216 Å². The average Bonchev–Trinajstić information content (AvgIpc) is 3.36. The van der Waals surface area contributed by atoms with Crippen LogP contribution in [0, 0.1) is 17.3 Å². The minimum Gasteiger partial charge on any atom is -0.480 e. The summed E-state index contributed by atoms with van der Waals surface area (Å²) >= 11 is 1.56. The van der Waals surface area contributed by atoms with Gasteiger partial charge in [-0.1, -0.05) is 39.8 Å². The molecule has 0 aliphatic carbocycles. The fourth-order valence-corrected chi connectivity index (χ4v) is 8.45. The quantitative estimate of drug-likeness (QED) is 0.200. The number of amides is 2. The number of carbonyl (C=O) groups is 3. The number of rotatable bonds is 13. The Morgan fingerprint density at radius 1 is 1.14 bits per heavy atom. The van der Waals surface area contributed by atoms with Gasteiger partial charge in [0, 0.05) is 4.75 Å². The summed E-state index contributed by atoms with van der Waals surface area (Å²) in [6.07, 6.45) is 3.83. The highest BCUT2D eigenvalue weighted by Crippen LogP contribution is 2.45. The second kappa shape index (κ2) is 10.4. The molecule has 2 N–H and O–H groups in total. The smallest absolute Gasteiger partial charge is 0.324 e. The molecular formula is C24H37NO9S2. The van der Waals surface area contributed by atoms with Crippen molar-refractivity contribution in [3.63, 3.8) is 0 Å². The van der Waals surface area contributed by atoms with Gasteiger partial charge in [-0.2, -0.15) is 20.2 Å². The molecule has 7 atom stereocenters. The number of carboxylic acids is 1. The fraction of sp³-hybridized carbons (Fsp3) is 0.792. The Morgan fingerprint density at radius 3 is 2.14 bits per heavy atom. The first-order valence-electron chi connectivity index (χ1n) is 12.1. The first-order valence-corrected chi connectivity index (χ1v) is 14.6. The van der Waals surface area contributed by atoms with Crippen LogP contribution in [0.5, 0.6) is 0 Å². The van der Waals surface area contributed by atoms with Crippen LogP contribution in [-0.2, 0) is 34.0 Å². The van der Waals surface area contributed by atoms with E-state index in [2.05, 4.69) is 0 Å². The highest BCUT2D eigenvalue weighted by molar-refractivity contribution is 8.00. The Hall–Kier alpha value is -1.47. The van der Waals surface area contributed by atoms with Gasteiger partial charge in [0.25, 0.3) is 10.1 Å². The first-order chi connectivity index (χ1) is 16.5. The van der Waals surface area contributed by atoms with E-state index in [0.717, 1.165) is 0 Å². The van der Waals surface area contributed by atoms with Crippen molar-refractivity contribution in [1.29, 1.82) is 0 Å². The van der Waals surface area contributed by atoms with Gasteiger partial charge in [-0.25, -0.2) is 0 Å². The maximum atomic E-state index is 12.9. The number of aliphatic carboxylic acids is 1. The normalized spacial score (nSPS) is 28.5. The number of fused-ring (bicyclic) bond motifs is 5. The van der Waals surface area contributed by atoms with Crippen LogP contribution in [0.1, 0.15) is 54.4 Å². The number of hydrogen-bond donors (Lipinski definition) is 2. The molecule has 2 amide bonds. The number of nitrogens with zero attached hydrogens (tertiary/aromatic N) is 1. The van der Waals surface area contributed by atoms with E-state index in [-0.39, 0.29) is 43.2 Å². The molecule has 0 saturated carbocycles. The number of carbonyl (C=O) groups excluding carboxylic acids is 2. The van der Waals surface area contributed by atoms with Gasteiger partial charge < -0.3 is 14.6 Å². The van der Waals surface area contributed by atoms with Crippen LogP contribution in [0.15, 0.2) is 12.2 Å². The van der Waals surface area contributed by atoms with E-state index in [1.54, 1.807) is 18.7 Å². The lowest BCUT2D eigenvalue weighted by Crippen LogP contribution is -2.45. The third-order valence-electron chi connectivity index (χ3n) is 7.14. The molecule has 0 radical (unpaired) electrons. The molecule has 3 rings (SSSR count). The van der Waals surface area contributed by atoms with E-state index in [0.29, 0.717) is 12.2 Å². The van der Waals surface area contributed by atoms with Crippen LogP contribution < -0.4 is 0 Å². The second-order valence-corrected chi connectivity index (χ2v) is 14.6. The maximum Gasteiger partial charge on any atom is 0.324 e. The largest absolute Gasteiger partial charge is 0.480 e. The number of likely N-dealkylation sites (tertiary alicyclic amines) is 1. The molecule has 12 heteroatoms. The Morgan fingerprint density at radius 2 is 1.67 bits per heavy atom. The minimum absolute atomic E-state index is 0.151. The summed E-state index contributed by atoms with van der Waals surface area (Å²) in [5.41, 5.74) is -1.19. The van der Waals surface area contributed by atoms with E-state index in [4.69, 9.17) is 9.47 Å². The molecule has 36 heavy (non-hydrogen) atoms. The summed E-state index contributed by atoms with van der Waals surface area (Å²) in [5.74, 6) is -2.17. The first kappa shape index (κ1) is 29.1. The Kier molecular flexibility index (Phi) is 8.37. The summed E-state index contributed by atoms with van der Waals surface area (Å²) in [5, 5.41) is 7.45. The van der Waals surface area contributed by atoms with Crippen molar-refractivity contribution >= 4 is 39.7 Å². The van der Waals surface area contributed by atoms with Crippen LogP contribution >= 0.6 is 11.8 Å². The predicted molar refractivity (Wildman–Crippen MR) is 134 cm³/mol. The topological polar surface area (TPSA) is 148 Å². The van der Waals surface area contributed by atoms with E-state index >= 15 is 0 Å². The van der Waals surface area contributed by atoms with Crippen LogP contribution in [0.4, 0.5) is 0 Å². The number of ether oxygens (including phenoxy) is 2. The fourth-order valence-electron chi connectivity index (χ4n) is 5.83. The van der Waals surface area contributed by atoms with Gasteiger partial charge >= 0.3 is 5.97 Å². The standard InChI is InChI=1S/C24H37NO9S2/c1-13(25-20(26)17-15-7-8-16(34-15)18(17)21(25)27)11-33-14(2)9-10-35-24(5,6)12-23(3,4)19(22(28)29)36(30,31)32/h7-8,13-19H,9-12H2,1-6H3,(H,28,29)(H,30,31,32). The Balaban J connectivity index is 1.45. The van der Waals surface area contributed by atoms with Gasteiger partial charge in [0.15, 0.2) is 5.25 Å². The Bertz CT molecular complexity index is 993. The molecular weight excluding hydrogens is 510 g/mol. The van der Waals surface area contributed by atoms with Gasteiger partial charge in [-0.15, -0.1) is 0 Å². The molecule has 0 aromatic heterocycles. The molecule has 3 aliphatic rings. The molecule has 0 spiro atoms. The van der Waals surface area contributed by atoms with Crippen molar-refractivity contribution in [3.05, 3.63) is 12.2 Å². The maximum absolute atomic E-state index is 12.9. The molecule has 7 unspecified atom stereocenters. The molecule has 10 nitrogen and oxygen atoms in total. The summed E-state index contributed by atoms with van der Waals surface area (Å²) in [6, 6.07) is -0.393. The number of imide groups is 1. The highest BCUT2D eigenvalue weighted by Gasteiger charge is 2.61. The third-order valence-corrected chi connectivity index (χ3v) is 9.94. The van der Waals surface area contributed by atoms with Crippen LogP contribution in [0.3, 0.4) is 0 Å². The minimum atomic E-state index is -4.76. The zero-order valence-corrected chi connectivity index (χ0v) is 23.2. The van der Waals surface area contributed by atoms with Gasteiger partial charge in [0.1, 0.15) is 0 Å². The van der Waals surface area contributed by atoms with Gasteiger partial charge in [-0.05, 0) is 37.9 Å². The number of thioether (sulfide) groups is 1. The summed E-state index contributed by atoms with van der Waals surface area (Å²) < 4.78 is 43.9. The van der Waals surface area contributed by atoms with Crippen LogP contribution in [0.25, 0.3) is 0 Å². The second-order valence-electron chi connectivity index (χ2n) is 11.3. The van der Waals surface area contributed by atoms with E-state index in [9.17, 15) is 32.5 Å². The molecule has 2 bridgehead atoms. The van der Waals surface area contributed by atoms with E-state index in [1.807, 2.05) is 32.9 Å². The predicted octanol–water partition coefficient (Wildman–Crippen LogP) is 2.38. The van der Waals surface area contributed by atoms with E-state index < -0.39 is 49.4 Å². The SMILES string of the molecule is CC(CCSC(C)(C)CC(C)(C)C(C(=O)O)S(=O)(=O)O)OCC(C)N1C(=O)C2C3C=CC(O3)C2C1=O. The summed E-state index contributed by atoms with van der Waals surface area (Å²) in [6.45, 7) is 10.8. The summed E-state index contributed by atoms with van der Waals surface area (Å²) in [4.78, 5) is 38.6. The van der Waals surface area contributed by atoms with E-state index in [1.165, 1.54) is 18.7 Å². The molecule has 2 saturated heterocycles. The molecule has 0 aromatic carbocycles. The lowest BCUT2D eigenvalue weighted by molar-refractivity contribution is -0.146. The lowest BCUT2D eigenvalue weighted by Gasteiger charge is -2.37. The summed E-state index contributed by atoms with van der Waals surface area (Å²) in [7, 11) is -4.76. The monoisotopic (exact) mass is 547 g/mol. The van der Waals surface area contributed by atoms with Gasteiger partial charge in [0.2, 0.25) is 11.8 Å². The van der Waals surface area contributed by atoms with Crippen molar-refractivity contribution in [2.75, 3.05) is 12.4 Å². The molecule has 2 fully saturated rings. The van der Waals surface area contributed by atoms with Crippen molar-refractivity contribution in [2.45, 2.75) is 88.7 Å². The molecule has 3 heterocycles. The van der Waals surface area contributed by atoms with Gasteiger partial charge in [0.05, 0.1) is 42.8 Å². The lowest BCUT2D eigenvalue weighted by atomic mass is 9.80. The zero-order valence-electron chi connectivity index (χ0n) is 21.5. The average molecular weight is 548 g/mol. The van der Waals surface area contributed by atoms with Crippen LogP contribution in [0.2, 0.25) is 0 Å². The highest BCUT2D eigenvalue weighted by atomic mass is 32.2. The van der Waals surface area contributed by atoms with Crippen molar-refractivity contribution in [1.82, 2.24) is 4.90 Å². The third kappa shape index (κ3) is 5.98. The molecule has 0 aromatic rings. The number of hydrogen-bond acceptors (Lipinski definition) is 8. The number of carboxylic acid groups (broad SMARTS) is 1. The zero-order chi connectivity index (χ0) is 27.2. The molecule has 3 aliphatic heterocycles. The van der Waals surface area contributed by atoms with Crippen molar-refractivity contribution < 1.29 is 41.9 Å². The van der Waals surface area contributed by atoms with Crippen LogP contribution in [-0.4, -0.2) is 87.5 Å². The van der Waals surface area contributed by atoms with Gasteiger partial charge in [-0.3, -0.25) is 23.8 Å². The van der Waals surface area contributed by atoms with Crippen molar-refractivity contribution in [3.8, 4) is 0 Å². The van der Waals surface area contributed by atoms with Crippen molar-refractivity contribution in [2.24, 2.45) is 17.3 Å². The molecule has 204 valence electrons.